The normalized spacial score (nSPS) is 10.1. The van der Waals surface area contributed by atoms with E-state index in [0.717, 1.165) is 0 Å². The van der Waals surface area contributed by atoms with Gasteiger partial charge in [-0.1, -0.05) is 5.10 Å². The van der Waals surface area contributed by atoms with Crippen LogP contribution in [0, 0.1) is 0 Å². The van der Waals surface area contributed by atoms with E-state index in [-0.39, 0.29) is 12.5 Å². The third kappa shape index (κ3) is 3.39. The van der Waals surface area contributed by atoms with Crippen molar-refractivity contribution in [1.82, 2.24) is 15.5 Å². The molecule has 0 bridgehead atoms. The van der Waals surface area contributed by atoms with Gasteiger partial charge in [-0.2, -0.15) is 0 Å². The van der Waals surface area contributed by atoms with Gasteiger partial charge < -0.3 is 14.6 Å². The predicted octanol–water partition coefficient (Wildman–Crippen LogP) is 0.0331. The van der Waals surface area contributed by atoms with Crippen LogP contribution in [-0.2, 0) is 11.2 Å². The first-order valence-electron chi connectivity index (χ1n) is 4.47. The molecule has 0 saturated carbocycles. The summed E-state index contributed by atoms with van der Waals surface area (Å²) in [7, 11) is 3.27. The highest BCUT2D eigenvalue weighted by molar-refractivity contribution is 6.17. The summed E-state index contributed by atoms with van der Waals surface area (Å²) >= 11 is 5.53. The number of hydrogen-bond donors (Lipinski definition) is 1. The van der Waals surface area contributed by atoms with Gasteiger partial charge in [-0.25, -0.2) is 0 Å². The molecule has 1 heterocycles. The summed E-state index contributed by atoms with van der Waals surface area (Å²) in [6.45, 7) is 0.180. The number of rotatable bonds is 5. The standard InChI is InChI=1S/C8H13ClN4O2/c1-10-6(14)5-13(2)8-12-11-7(15-8)3-4-9/h3-5H2,1-2H3,(H,10,14). The average molecular weight is 233 g/mol. The molecule has 1 amide bonds. The molecule has 1 N–H and O–H groups in total. The van der Waals surface area contributed by atoms with Crippen LogP contribution in [-0.4, -0.2) is 42.6 Å². The van der Waals surface area contributed by atoms with Crippen LogP contribution >= 0.6 is 11.6 Å². The number of aryl methyl sites for hydroxylation is 1. The molecule has 0 aliphatic carbocycles. The van der Waals surface area contributed by atoms with E-state index in [0.29, 0.717) is 24.2 Å². The van der Waals surface area contributed by atoms with Crippen molar-refractivity contribution in [2.45, 2.75) is 6.42 Å². The van der Waals surface area contributed by atoms with Crippen LogP contribution in [0.2, 0.25) is 0 Å². The van der Waals surface area contributed by atoms with Crippen molar-refractivity contribution in [3.05, 3.63) is 5.89 Å². The van der Waals surface area contributed by atoms with E-state index in [1.165, 1.54) is 0 Å². The van der Waals surface area contributed by atoms with E-state index < -0.39 is 0 Å². The summed E-state index contributed by atoms with van der Waals surface area (Å²) in [4.78, 5) is 12.6. The largest absolute Gasteiger partial charge is 0.408 e. The highest BCUT2D eigenvalue weighted by Gasteiger charge is 2.12. The van der Waals surface area contributed by atoms with Crippen molar-refractivity contribution in [2.75, 3.05) is 31.4 Å². The molecule has 0 unspecified atom stereocenters. The molecular weight excluding hydrogens is 220 g/mol. The minimum absolute atomic E-state index is 0.116. The number of likely N-dealkylation sites (N-methyl/N-ethyl adjacent to an activating group) is 2. The quantitative estimate of drug-likeness (QED) is 0.726. The number of nitrogens with one attached hydrogen (secondary N) is 1. The SMILES string of the molecule is CNC(=O)CN(C)c1nnc(CCCl)o1. The van der Waals surface area contributed by atoms with Gasteiger partial charge in [-0.05, 0) is 0 Å². The van der Waals surface area contributed by atoms with Gasteiger partial charge in [-0.15, -0.1) is 16.7 Å². The lowest BCUT2D eigenvalue weighted by Gasteiger charge is -2.11. The van der Waals surface area contributed by atoms with Crippen molar-refractivity contribution in [3.63, 3.8) is 0 Å². The number of nitrogens with zero attached hydrogens (tertiary/aromatic N) is 3. The van der Waals surface area contributed by atoms with Crippen molar-refractivity contribution >= 4 is 23.5 Å². The van der Waals surface area contributed by atoms with E-state index >= 15 is 0 Å². The van der Waals surface area contributed by atoms with Gasteiger partial charge in [0.05, 0.1) is 0 Å². The van der Waals surface area contributed by atoms with Crippen LogP contribution in [0.25, 0.3) is 0 Å². The molecule has 1 aromatic rings. The van der Waals surface area contributed by atoms with Crippen molar-refractivity contribution in [3.8, 4) is 0 Å². The van der Waals surface area contributed by atoms with Crippen LogP contribution in [0.1, 0.15) is 5.89 Å². The first-order valence-corrected chi connectivity index (χ1v) is 5.01. The zero-order chi connectivity index (χ0) is 11.3. The molecule has 6 nitrogen and oxygen atoms in total. The van der Waals surface area contributed by atoms with Gasteiger partial charge >= 0.3 is 6.01 Å². The maximum atomic E-state index is 11.1. The van der Waals surface area contributed by atoms with E-state index in [4.69, 9.17) is 16.0 Å². The van der Waals surface area contributed by atoms with Crippen LogP contribution in [0.3, 0.4) is 0 Å². The lowest BCUT2D eigenvalue weighted by Crippen LogP contribution is -2.33. The topological polar surface area (TPSA) is 71.3 Å². The lowest BCUT2D eigenvalue weighted by atomic mass is 10.5. The fourth-order valence-corrected chi connectivity index (χ4v) is 1.10. The number of halogens is 1. The molecule has 84 valence electrons. The smallest absolute Gasteiger partial charge is 0.318 e. The van der Waals surface area contributed by atoms with Gasteiger partial charge in [-0.3, -0.25) is 4.79 Å². The Labute approximate surface area is 92.6 Å². The Hall–Kier alpha value is -1.30. The highest BCUT2D eigenvalue weighted by atomic mass is 35.5. The lowest BCUT2D eigenvalue weighted by molar-refractivity contribution is -0.119. The molecule has 0 aliphatic rings. The third-order valence-electron chi connectivity index (χ3n) is 1.75. The van der Waals surface area contributed by atoms with Gasteiger partial charge in [0.1, 0.15) is 6.54 Å². The van der Waals surface area contributed by atoms with Crippen LogP contribution in [0.4, 0.5) is 6.01 Å². The summed E-state index contributed by atoms with van der Waals surface area (Å²) in [6.07, 6.45) is 0.530. The molecule has 15 heavy (non-hydrogen) atoms. The minimum Gasteiger partial charge on any atom is -0.408 e. The molecule has 1 aromatic heterocycles. The van der Waals surface area contributed by atoms with Crippen molar-refractivity contribution < 1.29 is 9.21 Å². The van der Waals surface area contributed by atoms with Crippen LogP contribution < -0.4 is 10.2 Å². The van der Waals surface area contributed by atoms with E-state index in [9.17, 15) is 4.79 Å². The summed E-state index contributed by atoms with van der Waals surface area (Å²) in [5, 5.41) is 10.1. The monoisotopic (exact) mass is 232 g/mol. The number of alkyl halides is 1. The molecule has 1 rings (SSSR count). The molecule has 0 fully saturated rings. The zero-order valence-electron chi connectivity index (χ0n) is 8.66. The van der Waals surface area contributed by atoms with Gasteiger partial charge in [0.15, 0.2) is 0 Å². The predicted molar refractivity (Wildman–Crippen MR) is 56.1 cm³/mol. The minimum atomic E-state index is -0.116. The summed E-state index contributed by atoms with van der Waals surface area (Å²) < 4.78 is 5.27. The maximum absolute atomic E-state index is 11.1. The number of carbonyl (C=O) groups is 1. The van der Waals surface area contributed by atoms with Gasteiger partial charge in [0, 0.05) is 26.4 Å². The summed E-state index contributed by atoms with van der Waals surface area (Å²) in [5.74, 6) is 0.791. The molecule has 0 aliphatic heterocycles. The second-order valence-electron chi connectivity index (χ2n) is 2.95. The van der Waals surface area contributed by atoms with E-state index in [1.54, 1.807) is 19.0 Å². The number of hydrogen-bond acceptors (Lipinski definition) is 5. The fraction of sp³-hybridized carbons (Fsp3) is 0.625. The van der Waals surface area contributed by atoms with Crippen molar-refractivity contribution in [2.24, 2.45) is 0 Å². The third-order valence-corrected chi connectivity index (χ3v) is 1.94. The van der Waals surface area contributed by atoms with E-state index in [2.05, 4.69) is 15.5 Å². The molecular formula is C8H13ClN4O2. The Morgan fingerprint density at radius 3 is 2.93 bits per heavy atom. The average Bonchev–Trinajstić information content (AvgIpc) is 2.67. The van der Waals surface area contributed by atoms with Gasteiger partial charge in [0.25, 0.3) is 0 Å². The second kappa shape index (κ2) is 5.55. The van der Waals surface area contributed by atoms with E-state index in [1.807, 2.05) is 0 Å². The Kier molecular flexibility index (Phi) is 4.36. The summed E-state index contributed by atoms with van der Waals surface area (Å²) in [6, 6.07) is 0.318. The molecule has 0 aromatic carbocycles. The van der Waals surface area contributed by atoms with Crippen molar-refractivity contribution in [1.29, 1.82) is 0 Å². The summed E-state index contributed by atoms with van der Waals surface area (Å²) in [5.41, 5.74) is 0. The molecule has 0 atom stereocenters. The Bertz CT molecular complexity index is 328. The van der Waals surface area contributed by atoms with Crippen LogP contribution in [0.15, 0.2) is 4.42 Å². The second-order valence-corrected chi connectivity index (χ2v) is 3.32. The fourth-order valence-electron chi connectivity index (χ4n) is 0.943. The first kappa shape index (κ1) is 11.8. The first-order chi connectivity index (χ1) is 7.17. The Balaban J connectivity index is 2.57. The van der Waals surface area contributed by atoms with Crippen LogP contribution in [0.5, 0.6) is 0 Å². The highest BCUT2D eigenvalue weighted by Crippen LogP contribution is 2.10. The molecule has 0 saturated heterocycles. The Morgan fingerprint density at radius 2 is 2.33 bits per heavy atom. The maximum Gasteiger partial charge on any atom is 0.318 e. The zero-order valence-corrected chi connectivity index (χ0v) is 9.41. The number of aromatic nitrogens is 2. The molecule has 0 spiro atoms. The number of anilines is 1. The number of amides is 1. The Morgan fingerprint density at radius 1 is 1.60 bits per heavy atom. The van der Waals surface area contributed by atoms with Gasteiger partial charge in [0.2, 0.25) is 11.8 Å². The molecule has 7 heteroatoms. The number of carbonyl (C=O) groups excluding carboxylic acids is 1. The molecule has 0 radical (unpaired) electrons.